The number of aliphatic carboxylic acids is 1. The van der Waals surface area contributed by atoms with E-state index in [0.29, 0.717) is 5.13 Å². The molecule has 1 aromatic rings. The fraction of sp³-hybridized carbons (Fsp3) is 0. The van der Waals surface area contributed by atoms with Crippen molar-refractivity contribution in [3.05, 3.63) is 11.6 Å². The van der Waals surface area contributed by atoms with Crippen LogP contribution in [0.3, 0.4) is 0 Å². The number of aldehydes is 1. The fourth-order valence-electron chi connectivity index (χ4n) is 0.234. The van der Waals surface area contributed by atoms with Crippen molar-refractivity contribution in [3.8, 4) is 0 Å². The number of anilines is 1. The average molecular weight is 173 g/mol. The van der Waals surface area contributed by atoms with Gasteiger partial charge >= 0.3 is 0 Å². The molecular weight excluding hydrogens is 168 g/mol. The lowest BCUT2D eigenvalue weighted by Crippen LogP contribution is -2.22. The first-order chi connectivity index (χ1) is 5.16. The number of nitrogen functional groups attached to an aromatic ring is 1. The minimum absolute atomic E-state index is 0.278. The van der Waals surface area contributed by atoms with E-state index in [1.54, 1.807) is 6.20 Å². The molecule has 0 unspecified atom stereocenters. The second-order valence-corrected chi connectivity index (χ2v) is 2.23. The molecule has 0 bridgehead atoms. The van der Waals surface area contributed by atoms with Gasteiger partial charge in [-0.1, -0.05) is 0 Å². The largest absolute Gasteiger partial charge is 0.542 e. The van der Waals surface area contributed by atoms with Crippen LogP contribution in [0.4, 0.5) is 5.13 Å². The van der Waals surface area contributed by atoms with Gasteiger partial charge in [-0.2, -0.15) is 0 Å². The Hall–Kier alpha value is -1.43. The summed E-state index contributed by atoms with van der Waals surface area (Å²) in [6.07, 6.45) is 1.40. The van der Waals surface area contributed by atoms with E-state index in [1.807, 2.05) is 5.38 Å². The molecule has 5 nitrogen and oxygen atoms in total. The number of nitrogens with zero attached hydrogens (tertiary/aromatic N) is 1. The lowest BCUT2D eigenvalue weighted by molar-refractivity contribution is -0.298. The van der Waals surface area contributed by atoms with Crippen LogP contribution in [0.1, 0.15) is 0 Å². The molecule has 0 aliphatic heterocycles. The van der Waals surface area contributed by atoms with Gasteiger partial charge in [0, 0.05) is 11.6 Å². The van der Waals surface area contributed by atoms with Gasteiger partial charge in [-0.3, -0.25) is 4.79 Å². The molecule has 6 heteroatoms. The molecule has 1 aromatic heterocycles. The van der Waals surface area contributed by atoms with E-state index >= 15 is 0 Å². The quantitative estimate of drug-likeness (QED) is 0.419. The Kier molecular flexibility index (Phi) is 4.67. The maximum atomic E-state index is 8.89. The van der Waals surface area contributed by atoms with Crippen molar-refractivity contribution in [1.82, 2.24) is 4.98 Å². The Morgan fingerprint density at radius 1 is 1.82 bits per heavy atom. The molecule has 0 saturated heterocycles. The highest BCUT2D eigenvalue weighted by Crippen LogP contribution is 2.02. The Bertz CT molecular complexity index is 222. The van der Waals surface area contributed by atoms with Crippen molar-refractivity contribution in [2.75, 3.05) is 5.73 Å². The highest BCUT2D eigenvalue weighted by atomic mass is 32.1. The molecule has 2 N–H and O–H groups in total. The number of aromatic nitrogens is 1. The van der Waals surface area contributed by atoms with E-state index in [0.717, 1.165) is 0 Å². The van der Waals surface area contributed by atoms with Crippen LogP contribution in [0.15, 0.2) is 11.6 Å². The summed E-state index contributed by atoms with van der Waals surface area (Å²) in [6, 6.07) is 0. The van der Waals surface area contributed by atoms with Crippen LogP contribution in [-0.4, -0.2) is 17.2 Å². The number of hydrogen-bond acceptors (Lipinski definition) is 6. The second kappa shape index (κ2) is 5.36. The smallest absolute Gasteiger partial charge is 0.179 e. The first-order valence-corrected chi connectivity index (χ1v) is 3.36. The van der Waals surface area contributed by atoms with E-state index in [2.05, 4.69) is 4.98 Å². The zero-order chi connectivity index (χ0) is 8.69. The molecule has 11 heavy (non-hydrogen) atoms. The van der Waals surface area contributed by atoms with E-state index in [-0.39, 0.29) is 6.29 Å². The lowest BCUT2D eigenvalue weighted by atomic mass is 10.8. The van der Waals surface area contributed by atoms with Gasteiger partial charge in [-0.25, -0.2) is 4.98 Å². The molecule has 1 rings (SSSR count). The standard InChI is InChI=1S/C3H4N2S.C2H2O3/c4-3-5-1-2-6-3;3-1-2(4)5/h1-2H,(H2,4,5);1H,(H,4,5)/p-1. The van der Waals surface area contributed by atoms with E-state index in [1.165, 1.54) is 11.3 Å². The van der Waals surface area contributed by atoms with E-state index in [4.69, 9.17) is 20.4 Å². The van der Waals surface area contributed by atoms with Gasteiger partial charge in [0.1, 0.15) is 5.97 Å². The fourth-order valence-corrected chi connectivity index (χ4v) is 0.617. The van der Waals surface area contributed by atoms with Crippen LogP contribution in [0.25, 0.3) is 0 Å². The Labute approximate surface area is 66.5 Å². The summed E-state index contributed by atoms with van der Waals surface area (Å²) in [5.41, 5.74) is 5.19. The predicted molar refractivity (Wildman–Crippen MR) is 37.6 cm³/mol. The SMILES string of the molecule is Nc1nccs1.O=CC(=O)[O-]. The minimum Gasteiger partial charge on any atom is -0.542 e. The summed E-state index contributed by atoms with van der Waals surface area (Å²) < 4.78 is 0. The number of carboxylic acids is 1. The first kappa shape index (κ1) is 9.57. The Balaban J connectivity index is 0.000000187. The number of nitrogens with two attached hydrogens (primary N) is 1. The average Bonchev–Trinajstić information content (AvgIpc) is 2.41. The monoisotopic (exact) mass is 173 g/mol. The molecule has 0 spiro atoms. The molecule has 0 fully saturated rings. The van der Waals surface area contributed by atoms with Crippen LogP contribution < -0.4 is 10.8 Å². The van der Waals surface area contributed by atoms with Crippen molar-refractivity contribution >= 4 is 28.7 Å². The molecule has 0 aliphatic rings. The second-order valence-electron chi connectivity index (χ2n) is 1.31. The molecule has 1 heterocycles. The molecule has 0 aromatic carbocycles. The van der Waals surface area contributed by atoms with Gasteiger partial charge in [-0.05, 0) is 0 Å². The van der Waals surface area contributed by atoms with Gasteiger partial charge < -0.3 is 15.6 Å². The highest BCUT2D eigenvalue weighted by molar-refractivity contribution is 7.13. The van der Waals surface area contributed by atoms with Crippen LogP contribution in [0.2, 0.25) is 0 Å². The minimum atomic E-state index is -1.68. The number of carbonyl (C=O) groups is 2. The summed E-state index contributed by atoms with van der Waals surface area (Å²) in [5.74, 6) is -1.68. The molecular formula is C5H5N2O3S-. The van der Waals surface area contributed by atoms with Gasteiger partial charge in [0.15, 0.2) is 11.4 Å². The summed E-state index contributed by atoms with van der Waals surface area (Å²) >= 11 is 1.44. The van der Waals surface area contributed by atoms with Crippen LogP contribution in [-0.2, 0) is 9.59 Å². The van der Waals surface area contributed by atoms with Gasteiger partial charge in [0.05, 0.1) is 0 Å². The zero-order valence-corrected chi connectivity index (χ0v) is 6.21. The van der Waals surface area contributed by atoms with E-state index in [9.17, 15) is 0 Å². The normalized spacial score (nSPS) is 7.64. The Morgan fingerprint density at radius 3 is 2.45 bits per heavy atom. The summed E-state index contributed by atoms with van der Waals surface area (Å²) in [6.45, 7) is 0. The molecule has 0 amide bonds. The highest BCUT2D eigenvalue weighted by Gasteiger charge is 1.76. The number of thiazole rings is 1. The van der Waals surface area contributed by atoms with Crippen molar-refractivity contribution in [2.45, 2.75) is 0 Å². The number of rotatable bonds is 1. The summed E-state index contributed by atoms with van der Waals surface area (Å²) in [7, 11) is 0. The molecule has 0 aliphatic carbocycles. The first-order valence-electron chi connectivity index (χ1n) is 2.48. The van der Waals surface area contributed by atoms with Crippen molar-refractivity contribution in [2.24, 2.45) is 0 Å². The maximum absolute atomic E-state index is 8.89. The lowest BCUT2D eigenvalue weighted by Gasteiger charge is -1.76. The van der Waals surface area contributed by atoms with Crippen LogP contribution in [0, 0.1) is 0 Å². The van der Waals surface area contributed by atoms with Gasteiger partial charge in [0.25, 0.3) is 0 Å². The third kappa shape index (κ3) is 6.46. The third-order valence-corrected chi connectivity index (χ3v) is 1.15. The molecule has 60 valence electrons. The zero-order valence-electron chi connectivity index (χ0n) is 5.39. The predicted octanol–water partition coefficient (Wildman–Crippen LogP) is -1.34. The van der Waals surface area contributed by atoms with Crippen LogP contribution >= 0.6 is 11.3 Å². The number of carboxylic acid groups (broad SMARTS) is 1. The third-order valence-electron chi connectivity index (χ3n) is 0.548. The molecule has 0 atom stereocenters. The van der Waals surface area contributed by atoms with Crippen LogP contribution in [0.5, 0.6) is 0 Å². The maximum Gasteiger partial charge on any atom is 0.179 e. The van der Waals surface area contributed by atoms with Crippen molar-refractivity contribution < 1.29 is 14.7 Å². The summed E-state index contributed by atoms with van der Waals surface area (Å²) in [4.78, 5) is 21.4. The summed E-state index contributed by atoms with van der Waals surface area (Å²) in [5, 5.41) is 11.4. The van der Waals surface area contributed by atoms with Gasteiger partial charge in [0.2, 0.25) is 0 Å². The van der Waals surface area contributed by atoms with Gasteiger partial charge in [-0.15, -0.1) is 11.3 Å². The topological polar surface area (TPSA) is 96.1 Å². The van der Waals surface area contributed by atoms with Crippen molar-refractivity contribution in [1.29, 1.82) is 0 Å². The molecule has 0 saturated carbocycles. The van der Waals surface area contributed by atoms with Crippen molar-refractivity contribution in [3.63, 3.8) is 0 Å². The molecule has 0 radical (unpaired) electrons. The van der Waals surface area contributed by atoms with E-state index < -0.39 is 5.97 Å². The number of carbonyl (C=O) groups excluding carboxylic acids is 2. The number of hydrogen-bond donors (Lipinski definition) is 1. The Morgan fingerprint density at radius 2 is 2.36 bits per heavy atom.